The first kappa shape index (κ1) is 13.2. The lowest BCUT2D eigenvalue weighted by atomic mass is 10.2. The number of ether oxygens (including phenoxy) is 1. The Bertz CT molecular complexity index is 357. The molecule has 0 saturated carbocycles. The zero-order valence-corrected chi connectivity index (χ0v) is 10.1. The van der Waals surface area contributed by atoms with E-state index in [0.717, 1.165) is 5.56 Å². The molecule has 1 aromatic carbocycles. The van der Waals surface area contributed by atoms with Crippen LogP contribution < -0.4 is 10.5 Å². The highest BCUT2D eigenvalue weighted by Crippen LogP contribution is 2.13. The van der Waals surface area contributed by atoms with Crippen molar-refractivity contribution in [3.05, 3.63) is 29.8 Å². The minimum Gasteiger partial charge on any atom is -0.491 e. The van der Waals surface area contributed by atoms with Gasteiger partial charge in [0, 0.05) is 23.6 Å². The topological polar surface area (TPSA) is 72.5 Å². The van der Waals surface area contributed by atoms with Crippen molar-refractivity contribution in [1.82, 2.24) is 0 Å². The van der Waals surface area contributed by atoms with E-state index in [2.05, 4.69) is 0 Å². The molecule has 0 bridgehead atoms. The molecule has 0 heterocycles. The zero-order chi connectivity index (χ0) is 12.0. The summed E-state index contributed by atoms with van der Waals surface area (Å²) in [5.74, 6) is 0.903. The van der Waals surface area contributed by atoms with E-state index in [1.807, 2.05) is 18.2 Å². The summed E-state index contributed by atoms with van der Waals surface area (Å²) >= 11 is 0. The molecule has 4 nitrogen and oxygen atoms in total. The summed E-state index contributed by atoms with van der Waals surface area (Å²) in [7, 11) is -1.01. The van der Waals surface area contributed by atoms with Crippen molar-refractivity contribution >= 4 is 10.8 Å². The van der Waals surface area contributed by atoms with Gasteiger partial charge in [-0.2, -0.15) is 0 Å². The Hall–Kier alpha value is -0.910. The standard InChI is InChI=1S/C11H17NO3S/c1-16(14)8-10(13)7-15-11-4-2-3-9(5-11)6-12/h2-5,10,13H,6-8,12H2,1H3. The van der Waals surface area contributed by atoms with Gasteiger partial charge in [-0.3, -0.25) is 4.21 Å². The quantitative estimate of drug-likeness (QED) is 0.752. The van der Waals surface area contributed by atoms with E-state index >= 15 is 0 Å². The second-order valence-electron chi connectivity index (χ2n) is 3.56. The van der Waals surface area contributed by atoms with Gasteiger partial charge < -0.3 is 15.6 Å². The molecule has 0 radical (unpaired) electrons. The van der Waals surface area contributed by atoms with E-state index in [-0.39, 0.29) is 12.4 Å². The minimum absolute atomic E-state index is 0.146. The number of hydrogen-bond acceptors (Lipinski definition) is 4. The average Bonchev–Trinajstić information content (AvgIpc) is 2.26. The molecule has 0 amide bonds. The highest BCUT2D eigenvalue weighted by Gasteiger charge is 2.07. The fraction of sp³-hybridized carbons (Fsp3) is 0.455. The summed E-state index contributed by atoms with van der Waals surface area (Å²) in [6.07, 6.45) is 0.852. The maximum absolute atomic E-state index is 10.8. The molecular formula is C11H17NO3S. The number of rotatable bonds is 6. The summed E-state index contributed by atoms with van der Waals surface area (Å²) in [6.45, 7) is 0.604. The molecular weight excluding hydrogens is 226 g/mol. The van der Waals surface area contributed by atoms with Gasteiger partial charge in [-0.05, 0) is 17.7 Å². The van der Waals surface area contributed by atoms with Crippen LogP contribution in [0.3, 0.4) is 0 Å². The zero-order valence-electron chi connectivity index (χ0n) is 9.26. The van der Waals surface area contributed by atoms with Gasteiger partial charge in [-0.1, -0.05) is 12.1 Å². The Morgan fingerprint density at radius 3 is 2.94 bits per heavy atom. The molecule has 1 aromatic rings. The van der Waals surface area contributed by atoms with Gasteiger partial charge >= 0.3 is 0 Å². The Labute approximate surface area is 97.9 Å². The SMILES string of the molecule is CS(=O)CC(O)COc1cccc(CN)c1. The van der Waals surface area contributed by atoms with E-state index in [0.29, 0.717) is 12.3 Å². The number of hydrogen-bond donors (Lipinski definition) is 2. The van der Waals surface area contributed by atoms with Gasteiger partial charge in [0.25, 0.3) is 0 Å². The van der Waals surface area contributed by atoms with Crippen LogP contribution in [-0.2, 0) is 17.3 Å². The fourth-order valence-electron chi connectivity index (χ4n) is 1.27. The van der Waals surface area contributed by atoms with Crippen LogP contribution >= 0.6 is 0 Å². The van der Waals surface area contributed by atoms with Crippen LogP contribution in [0, 0.1) is 0 Å². The van der Waals surface area contributed by atoms with Crippen molar-refractivity contribution in [2.45, 2.75) is 12.6 Å². The molecule has 0 aliphatic carbocycles. The summed E-state index contributed by atoms with van der Waals surface area (Å²) in [5, 5.41) is 9.46. The molecule has 0 fully saturated rings. The van der Waals surface area contributed by atoms with Crippen molar-refractivity contribution in [1.29, 1.82) is 0 Å². The third-order valence-electron chi connectivity index (χ3n) is 2.00. The first-order valence-electron chi connectivity index (χ1n) is 5.01. The highest BCUT2D eigenvalue weighted by atomic mass is 32.2. The van der Waals surface area contributed by atoms with E-state index in [1.165, 1.54) is 0 Å². The first-order chi connectivity index (χ1) is 7.61. The molecule has 2 atom stereocenters. The lowest BCUT2D eigenvalue weighted by molar-refractivity contribution is 0.125. The maximum Gasteiger partial charge on any atom is 0.119 e. The summed E-state index contributed by atoms with van der Waals surface area (Å²) in [5.41, 5.74) is 6.47. The molecule has 3 N–H and O–H groups in total. The van der Waals surface area contributed by atoms with Crippen molar-refractivity contribution in [3.8, 4) is 5.75 Å². The van der Waals surface area contributed by atoms with Gasteiger partial charge in [-0.25, -0.2) is 0 Å². The Balaban J connectivity index is 2.44. The predicted molar refractivity (Wildman–Crippen MR) is 64.8 cm³/mol. The third-order valence-corrected chi connectivity index (χ3v) is 2.86. The van der Waals surface area contributed by atoms with Gasteiger partial charge in [0.05, 0.1) is 11.9 Å². The fourth-order valence-corrected chi connectivity index (χ4v) is 1.91. The van der Waals surface area contributed by atoms with Crippen LogP contribution in [0.25, 0.3) is 0 Å². The molecule has 2 unspecified atom stereocenters. The second-order valence-corrected chi connectivity index (χ2v) is 5.04. The van der Waals surface area contributed by atoms with E-state index < -0.39 is 16.9 Å². The normalized spacial score (nSPS) is 14.4. The Kier molecular flexibility index (Phi) is 5.45. The number of benzene rings is 1. The van der Waals surface area contributed by atoms with Gasteiger partial charge in [0.1, 0.15) is 12.4 Å². The van der Waals surface area contributed by atoms with Crippen LogP contribution in [0.1, 0.15) is 5.56 Å². The summed E-state index contributed by atoms with van der Waals surface area (Å²) in [6, 6.07) is 7.39. The van der Waals surface area contributed by atoms with Crippen molar-refractivity contribution in [2.24, 2.45) is 5.73 Å². The molecule has 5 heteroatoms. The van der Waals surface area contributed by atoms with E-state index in [9.17, 15) is 9.32 Å². The van der Waals surface area contributed by atoms with Crippen LogP contribution in [0.5, 0.6) is 5.75 Å². The second kappa shape index (κ2) is 6.62. The lowest BCUT2D eigenvalue weighted by Crippen LogP contribution is -2.23. The minimum atomic E-state index is -1.01. The summed E-state index contributed by atoms with van der Waals surface area (Å²) in [4.78, 5) is 0. The Morgan fingerprint density at radius 1 is 1.56 bits per heavy atom. The van der Waals surface area contributed by atoms with Crippen LogP contribution in [-0.4, -0.2) is 34.0 Å². The van der Waals surface area contributed by atoms with E-state index in [4.69, 9.17) is 10.5 Å². The predicted octanol–water partition coefficient (Wildman–Crippen LogP) is 0.263. The molecule has 1 rings (SSSR count). The highest BCUT2D eigenvalue weighted by molar-refractivity contribution is 7.84. The number of aliphatic hydroxyl groups excluding tert-OH is 1. The molecule has 0 spiro atoms. The number of nitrogens with two attached hydrogens (primary N) is 1. The Morgan fingerprint density at radius 2 is 2.31 bits per heavy atom. The first-order valence-corrected chi connectivity index (χ1v) is 6.74. The van der Waals surface area contributed by atoms with Gasteiger partial charge in [0.2, 0.25) is 0 Å². The third kappa shape index (κ3) is 4.74. The van der Waals surface area contributed by atoms with Crippen LogP contribution in [0.15, 0.2) is 24.3 Å². The van der Waals surface area contributed by atoms with E-state index in [1.54, 1.807) is 12.3 Å². The monoisotopic (exact) mass is 243 g/mol. The van der Waals surface area contributed by atoms with Crippen LogP contribution in [0.4, 0.5) is 0 Å². The van der Waals surface area contributed by atoms with Gasteiger partial charge in [-0.15, -0.1) is 0 Å². The molecule has 90 valence electrons. The molecule has 0 aliphatic heterocycles. The summed E-state index contributed by atoms with van der Waals surface area (Å²) < 4.78 is 16.2. The van der Waals surface area contributed by atoms with Crippen molar-refractivity contribution in [3.63, 3.8) is 0 Å². The lowest BCUT2D eigenvalue weighted by Gasteiger charge is -2.11. The maximum atomic E-state index is 10.8. The van der Waals surface area contributed by atoms with Gasteiger partial charge in [0.15, 0.2) is 0 Å². The van der Waals surface area contributed by atoms with Crippen molar-refractivity contribution < 1.29 is 14.1 Å². The molecule has 16 heavy (non-hydrogen) atoms. The smallest absolute Gasteiger partial charge is 0.119 e. The molecule has 0 aliphatic rings. The molecule has 0 saturated heterocycles. The largest absolute Gasteiger partial charge is 0.491 e. The molecule has 0 aromatic heterocycles. The van der Waals surface area contributed by atoms with Crippen LogP contribution in [0.2, 0.25) is 0 Å². The number of aliphatic hydroxyl groups is 1. The average molecular weight is 243 g/mol. The van der Waals surface area contributed by atoms with Crippen molar-refractivity contribution in [2.75, 3.05) is 18.6 Å².